The second-order valence-electron chi connectivity index (χ2n) is 5.09. The molecule has 0 fully saturated rings. The highest BCUT2D eigenvalue weighted by Crippen LogP contribution is 2.18. The van der Waals surface area contributed by atoms with E-state index in [1.165, 1.54) is 0 Å². The van der Waals surface area contributed by atoms with Gasteiger partial charge in [0.2, 0.25) is 0 Å². The van der Waals surface area contributed by atoms with E-state index in [4.69, 9.17) is 9.47 Å². The van der Waals surface area contributed by atoms with Crippen molar-refractivity contribution in [3.63, 3.8) is 0 Å². The molecule has 1 heterocycles. The Balaban J connectivity index is 2.83. The van der Waals surface area contributed by atoms with E-state index in [1.54, 1.807) is 40.7 Å². The van der Waals surface area contributed by atoms with Crippen LogP contribution in [0.25, 0.3) is 0 Å². The highest BCUT2D eigenvalue weighted by molar-refractivity contribution is 5.99. The largest absolute Gasteiger partial charge is 0.462 e. The van der Waals surface area contributed by atoms with Gasteiger partial charge >= 0.3 is 12.1 Å². The maximum Gasteiger partial charge on any atom is 0.413 e. The van der Waals surface area contributed by atoms with Crippen LogP contribution in [0.1, 0.15) is 43.7 Å². The first-order chi connectivity index (χ1) is 8.73. The standard InChI is InChI=1S/C13H20N2O4/c1-6-18-11(16)9-7-8(2)14-10(9)15-12(17)19-13(3,4)5/h7,14H,6H2,1-5H3,(H,15,17). The summed E-state index contributed by atoms with van der Waals surface area (Å²) in [4.78, 5) is 26.3. The maximum atomic E-state index is 11.7. The number of amides is 1. The van der Waals surface area contributed by atoms with Gasteiger partial charge in [0.25, 0.3) is 0 Å². The number of carbonyl (C=O) groups is 2. The number of aromatic amines is 1. The summed E-state index contributed by atoms with van der Waals surface area (Å²) in [6.45, 7) is 9.06. The van der Waals surface area contributed by atoms with E-state index in [0.29, 0.717) is 0 Å². The number of anilines is 1. The first-order valence-electron chi connectivity index (χ1n) is 6.09. The Labute approximate surface area is 112 Å². The summed E-state index contributed by atoms with van der Waals surface area (Å²) in [7, 11) is 0. The molecule has 0 radical (unpaired) electrons. The van der Waals surface area contributed by atoms with Crippen LogP contribution in [0, 0.1) is 6.92 Å². The summed E-state index contributed by atoms with van der Waals surface area (Å²) in [5.74, 6) is -0.205. The summed E-state index contributed by atoms with van der Waals surface area (Å²) >= 11 is 0. The van der Waals surface area contributed by atoms with Crippen LogP contribution in [0.2, 0.25) is 0 Å². The third kappa shape index (κ3) is 4.65. The molecule has 6 heteroatoms. The molecule has 0 spiro atoms. The minimum Gasteiger partial charge on any atom is -0.462 e. The average molecular weight is 268 g/mol. The molecule has 0 atom stereocenters. The van der Waals surface area contributed by atoms with Crippen LogP contribution < -0.4 is 5.32 Å². The van der Waals surface area contributed by atoms with Gasteiger partial charge in [-0.05, 0) is 40.7 Å². The topological polar surface area (TPSA) is 80.4 Å². The Hall–Kier alpha value is -1.98. The summed E-state index contributed by atoms with van der Waals surface area (Å²) in [5, 5.41) is 2.51. The van der Waals surface area contributed by atoms with Gasteiger partial charge in [-0.3, -0.25) is 5.32 Å². The number of rotatable bonds is 3. The molecule has 0 aliphatic carbocycles. The van der Waals surface area contributed by atoms with E-state index in [0.717, 1.165) is 5.69 Å². The van der Waals surface area contributed by atoms with Gasteiger partial charge in [0.1, 0.15) is 17.0 Å². The second kappa shape index (κ2) is 5.77. The summed E-state index contributed by atoms with van der Waals surface area (Å²) in [6.07, 6.45) is -0.625. The fraction of sp³-hybridized carbons (Fsp3) is 0.538. The molecular weight excluding hydrogens is 248 g/mol. The Kier molecular flexibility index (Phi) is 4.58. The van der Waals surface area contributed by atoms with Crippen LogP contribution in [-0.2, 0) is 9.47 Å². The van der Waals surface area contributed by atoms with Crippen molar-refractivity contribution in [1.29, 1.82) is 0 Å². The van der Waals surface area contributed by atoms with Gasteiger partial charge in [-0.25, -0.2) is 9.59 Å². The highest BCUT2D eigenvalue weighted by Gasteiger charge is 2.21. The lowest BCUT2D eigenvalue weighted by Gasteiger charge is -2.19. The van der Waals surface area contributed by atoms with Gasteiger partial charge in [-0.15, -0.1) is 0 Å². The average Bonchev–Trinajstić information content (AvgIpc) is 2.56. The minimum absolute atomic E-state index is 0.273. The van der Waals surface area contributed by atoms with Crippen LogP contribution in [0.15, 0.2) is 6.07 Å². The first-order valence-corrected chi connectivity index (χ1v) is 6.09. The fourth-order valence-corrected chi connectivity index (χ4v) is 1.46. The second-order valence-corrected chi connectivity index (χ2v) is 5.09. The number of nitrogens with one attached hydrogen (secondary N) is 2. The number of hydrogen-bond acceptors (Lipinski definition) is 4. The molecule has 2 N–H and O–H groups in total. The van der Waals surface area contributed by atoms with Crippen molar-refractivity contribution in [3.05, 3.63) is 17.3 Å². The van der Waals surface area contributed by atoms with Crippen molar-refractivity contribution < 1.29 is 19.1 Å². The number of aromatic nitrogens is 1. The van der Waals surface area contributed by atoms with E-state index < -0.39 is 17.7 Å². The predicted molar refractivity (Wildman–Crippen MR) is 71.3 cm³/mol. The highest BCUT2D eigenvalue weighted by atomic mass is 16.6. The molecule has 0 aliphatic heterocycles. The monoisotopic (exact) mass is 268 g/mol. The Morgan fingerprint density at radius 3 is 2.53 bits per heavy atom. The van der Waals surface area contributed by atoms with E-state index >= 15 is 0 Å². The zero-order valence-electron chi connectivity index (χ0n) is 11.9. The van der Waals surface area contributed by atoms with Crippen molar-refractivity contribution in [2.75, 3.05) is 11.9 Å². The Bertz CT molecular complexity index is 471. The molecule has 1 amide bonds. The van der Waals surface area contributed by atoms with Gasteiger partial charge in [-0.1, -0.05) is 0 Å². The zero-order valence-corrected chi connectivity index (χ0v) is 11.9. The molecule has 6 nitrogen and oxygen atoms in total. The summed E-state index contributed by atoms with van der Waals surface area (Å²) in [5.41, 5.74) is 0.426. The summed E-state index contributed by atoms with van der Waals surface area (Å²) < 4.78 is 10.0. The van der Waals surface area contributed by atoms with E-state index in [-0.39, 0.29) is 18.0 Å². The van der Waals surface area contributed by atoms with Crippen LogP contribution in [-0.4, -0.2) is 29.3 Å². The van der Waals surface area contributed by atoms with Crippen molar-refractivity contribution in [2.24, 2.45) is 0 Å². The van der Waals surface area contributed by atoms with Gasteiger partial charge in [0.15, 0.2) is 0 Å². The number of aryl methyl sites for hydroxylation is 1. The van der Waals surface area contributed by atoms with Crippen molar-refractivity contribution in [3.8, 4) is 0 Å². The molecule has 0 unspecified atom stereocenters. The van der Waals surface area contributed by atoms with E-state index in [2.05, 4.69) is 10.3 Å². The van der Waals surface area contributed by atoms with Gasteiger partial charge in [-0.2, -0.15) is 0 Å². The molecule has 106 valence electrons. The van der Waals surface area contributed by atoms with Crippen molar-refractivity contribution >= 4 is 17.9 Å². The number of hydrogen-bond donors (Lipinski definition) is 2. The molecule has 0 aliphatic rings. The number of ether oxygens (including phenoxy) is 2. The Morgan fingerprint density at radius 2 is 2.00 bits per heavy atom. The molecule has 1 aromatic heterocycles. The molecule has 0 saturated heterocycles. The van der Waals surface area contributed by atoms with Crippen molar-refractivity contribution in [1.82, 2.24) is 4.98 Å². The van der Waals surface area contributed by atoms with Gasteiger partial charge in [0.05, 0.1) is 6.61 Å². The third-order valence-electron chi connectivity index (χ3n) is 2.07. The SMILES string of the molecule is CCOC(=O)c1cc(C)[nH]c1NC(=O)OC(C)(C)C. The smallest absolute Gasteiger partial charge is 0.413 e. The molecular formula is C13H20N2O4. The van der Waals surface area contributed by atoms with Crippen LogP contribution in [0.3, 0.4) is 0 Å². The van der Waals surface area contributed by atoms with Crippen LogP contribution in [0.4, 0.5) is 10.6 Å². The lowest BCUT2D eigenvalue weighted by atomic mass is 10.2. The lowest BCUT2D eigenvalue weighted by molar-refractivity contribution is 0.0528. The molecule has 0 bridgehead atoms. The zero-order chi connectivity index (χ0) is 14.6. The van der Waals surface area contributed by atoms with Gasteiger partial charge in [0, 0.05) is 5.69 Å². The molecule has 1 rings (SSSR count). The Morgan fingerprint density at radius 1 is 1.37 bits per heavy atom. The number of esters is 1. The normalized spacial score (nSPS) is 11.0. The summed E-state index contributed by atoms with van der Waals surface area (Å²) in [6, 6.07) is 1.62. The fourth-order valence-electron chi connectivity index (χ4n) is 1.46. The minimum atomic E-state index is -0.625. The van der Waals surface area contributed by atoms with E-state index in [1.807, 2.05) is 0 Å². The quantitative estimate of drug-likeness (QED) is 0.826. The molecule has 0 saturated carbocycles. The predicted octanol–water partition coefficient (Wildman–Crippen LogP) is 2.85. The van der Waals surface area contributed by atoms with Crippen molar-refractivity contribution in [2.45, 2.75) is 40.2 Å². The molecule has 1 aromatic rings. The molecule has 0 aromatic carbocycles. The first kappa shape index (κ1) is 15.1. The third-order valence-corrected chi connectivity index (χ3v) is 2.07. The maximum absolute atomic E-state index is 11.7. The lowest BCUT2D eigenvalue weighted by Crippen LogP contribution is -2.27. The van der Waals surface area contributed by atoms with Crippen LogP contribution in [0.5, 0.6) is 0 Å². The van der Waals surface area contributed by atoms with Crippen LogP contribution >= 0.6 is 0 Å². The van der Waals surface area contributed by atoms with E-state index in [9.17, 15) is 9.59 Å². The number of carbonyl (C=O) groups excluding carboxylic acids is 2. The number of H-pyrrole nitrogens is 1. The molecule has 19 heavy (non-hydrogen) atoms. The van der Waals surface area contributed by atoms with Gasteiger partial charge < -0.3 is 14.5 Å².